The van der Waals surface area contributed by atoms with E-state index in [1.54, 1.807) is 7.11 Å². The van der Waals surface area contributed by atoms with Gasteiger partial charge in [-0.05, 0) is 55.4 Å². The van der Waals surface area contributed by atoms with E-state index in [0.29, 0.717) is 12.8 Å². The number of carboxylic acid groups (broad SMARTS) is 1. The maximum absolute atomic E-state index is 11.8. The summed E-state index contributed by atoms with van der Waals surface area (Å²) in [5.41, 5.74) is 4.81. The monoisotopic (exact) mass is 328 g/mol. The quantitative estimate of drug-likeness (QED) is 0.897. The first kappa shape index (κ1) is 16.7. The van der Waals surface area contributed by atoms with Crippen LogP contribution in [0.4, 0.5) is 0 Å². The predicted octanol–water partition coefficient (Wildman–Crippen LogP) is 3.60. The molecule has 4 heteroatoms. The average molecular weight is 328 g/mol. The molecule has 2 aliphatic rings. The van der Waals surface area contributed by atoms with Gasteiger partial charge in [-0.25, -0.2) is 0 Å². The molecule has 128 valence electrons. The summed E-state index contributed by atoms with van der Waals surface area (Å²) in [5.74, 6) is 0.359. The van der Waals surface area contributed by atoms with Crippen molar-refractivity contribution in [1.29, 1.82) is 0 Å². The van der Waals surface area contributed by atoms with E-state index < -0.39 is 5.97 Å². The van der Waals surface area contributed by atoms with Crippen LogP contribution in [-0.4, -0.2) is 24.0 Å². The summed E-state index contributed by atoms with van der Waals surface area (Å²) in [6.45, 7) is 2.22. The van der Waals surface area contributed by atoms with Crippen molar-refractivity contribution in [2.75, 3.05) is 7.11 Å². The number of fused-ring (bicyclic) bond motifs is 3. The van der Waals surface area contributed by atoms with Gasteiger partial charge in [-0.15, -0.1) is 0 Å². The van der Waals surface area contributed by atoms with Gasteiger partial charge in [0.25, 0.3) is 0 Å². The molecule has 1 aromatic rings. The lowest BCUT2D eigenvalue weighted by molar-refractivity contribution is -0.137. The van der Waals surface area contributed by atoms with Crippen molar-refractivity contribution in [1.82, 2.24) is 0 Å². The molecule has 0 spiro atoms. The number of aryl methyl sites for hydroxylation is 1. The molecule has 0 saturated heterocycles. The van der Waals surface area contributed by atoms with Gasteiger partial charge in [-0.2, -0.15) is 0 Å². The molecule has 0 fully saturated rings. The molecule has 0 radical (unpaired) electrons. The highest BCUT2D eigenvalue weighted by molar-refractivity contribution is 5.92. The average Bonchev–Trinajstić information content (AvgIpc) is 2.55. The zero-order valence-corrected chi connectivity index (χ0v) is 14.4. The molecule has 3 rings (SSSR count). The molecule has 1 unspecified atom stereocenters. The van der Waals surface area contributed by atoms with Gasteiger partial charge in [0.2, 0.25) is 0 Å². The number of methoxy groups -OCH3 is 1. The van der Waals surface area contributed by atoms with E-state index in [9.17, 15) is 9.59 Å². The summed E-state index contributed by atoms with van der Waals surface area (Å²) < 4.78 is 5.65. The van der Waals surface area contributed by atoms with Crippen LogP contribution in [0.1, 0.15) is 55.7 Å². The Kier molecular flexibility index (Phi) is 4.48. The van der Waals surface area contributed by atoms with Crippen molar-refractivity contribution in [3.63, 3.8) is 0 Å². The Morgan fingerprint density at radius 2 is 2.08 bits per heavy atom. The summed E-state index contributed by atoms with van der Waals surface area (Å²) in [6, 6.07) is 4.07. The number of ether oxygens (including phenoxy) is 1. The van der Waals surface area contributed by atoms with E-state index in [-0.39, 0.29) is 17.6 Å². The summed E-state index contributed by atoms with van der Waals surface area (Å²) in [6.07, 6.45) is 6.63. The highest BCUT2D eigenvalue weighted by Crippen LogP contribution is 2.50. The number of rotatable bonds is 5. The molecule has 1 N–H and O–H groups in total. The number of carbonyl (C=O) groups is 2. The number of aliphatic carboxylic acids is 1. The van der Waals surface area contributed by atoms with Crippen LogP contribution >= 0.6 is 0 Å². The lowest BCUT2D eigenvalue weighted by Gasteiger charge is -2.42. The lowest BCUT2D eigenvalue weighted by atomic mass is 9.62. The zero-order valence-electron chi connectivity index (χ0n) is 14.4. The molecule has 1 aromatic carbocycles. The predicted molar refractivity (Wildman–Crippen MR) is 91.6 cm³/mol. The van der Waals surface area contributed by atoms with Gasteiger partial charge < -0.3 is 9.84 Å². The second kappa shape index (κ2) is 6.42. The van der Waals surface area contributed by atoms with E-state index in [1.165, 1.54) is 22.3 Å². The standard InChI is InChI=1S/C20H24O4/c1-20-11-10-15(21)12-14(20)7-8-16-13(4-3-5-18(22)23)6-9-17(24-2)19(16)20/h6,9,12H,3-5,7-8,10-11H2,1-2H3,(H,22,23). The SMILES string of the molecule is COc1ccc(CCCC(=O)O)c2c1C1(C)CCC(=O)C=C1CC2. The smallest absolute Gasteiger partial charge is 0.303 e. The Balaban J connectivity index is 2.03. The third-order valence-corrected chi connectivity index (χ3v) is 5.54. The topological polar surface area (TPSA) is 63.6 Å². The van der Waals surface area contributed by atoms with Crippen molar-refractivity contribution < 1.29 is 19.4 Å². The van der Waals surface area contributed by atoms with Gasteiger partial charge in [-0.1, -0.05) is 18.6 Å². The van der Waals surface area contributed by atoms with E-state index in [1.807, 2.05) is 12.1 Å². The third-order valence-electron chi connectivity index (χ3n) is 5.54. The van der Waals surface area contributed by atoms with Gasteiger partial charge in [0.15, 0.2) is 5.78 Å². The fourth-order valence-electron chi connectivity index (χ4n) is 4.25. The maximum atomic E-state index is 11.8. The normalized spacial score (nSPS) is 22.4. The van der Waals surface area contributed by atoms with Gasteiger partial charge in [-0.3, -0.25) is 9.59 Å². The van der Waals surface area contributed by atoms with E-state index in [0.717, 1.165) is 31.4 Å². The molecule has 0 aliphatic heterocycles. The minimum Gasteiger partial charge on any atom is -0.496 e. The first-order valence-electron chi connectivity index (χ1n) is 8.60. The molecule has 0 heterocycles. The Morgan fingerprint density at radius 3 is 2.79 bits per heavy atom. The van der Waals surface area contributed by atoms with Gasteiger partial charge >= 0.3 is 5.97 Å². The van der Waals surface area contributed by atoms with Crippen LogP contribution in [-0.2, 0) is 27.8 Å². The maximum Gasteiger partial charge on any atom is 0.303 e. The molecular weight excluding hydrogens is 304 g/mol. The van der Waals surface area contributed by atoms with Crippen molar-refractivity contribution >= 4 is 11.8 Å². The van der Waals surface area contributed by atoms with Crippen molar-refractivity contribution in [2.45, 2.75) is 57.3 Å². The van der Waals surface area contributed by atoms with Crippen LogP contribution in [0.5, 0.6) is 5.75 Å². The Hall–Kier alpha value is -2.10. The Labute approximate surface area is 142 Å². The van der Waals surface area contributed by atoms with Crippen LogP contribution in [0.3, 0.4) is 0 Å². The molecule has 2 aliphatic carbocycles. The minimum absolute atomic E-state index is 0.143. The zero-order chi connectivity index (χ0) is 17.3. The number of carboxylic acids is 1. The molecule has 24 heavy (non-hydrogen) atoms. The van der Waals surface area contributed by atoms with E-state index >= 15 is 0 Å². The van der Waals surface area contributed by atoms with E-state index in [2.05, 4.69) is 13.0 Å². The number of ketones is 1. The fraction of sp³-hybridized carbons (Fsp3) is 0.500. The largest absolute Gasteiger partial charge is 0.496 e. The molecule has 1 atom stereocenters. The molecular formula is C20H24O4. The first-order valence-corrected chi connectivity index (χ1v) is 8.60. The summed E-state index contributed by atoms with van der Waals surface area (Å²) in [7, 11) is 1.69. The Bertz CT molecular complexity index is 717. The molecule has 0 amide bonds. The highest BCUT2D eigenvalue weighted by atomic mass is 16.5. The summed E-state index contributed by atoms with van der Waals surface area (Å²) >= 11 is 0. The van der Waals surface area contributed by atoms with Crippen molar-refractivity contribution in [3.05, 3.63) is 40.5 Å². The fourth-order valence-corrected chi connectivity index (χ4v) is 4.25. The molecule has 0 aromatic heterocycles. The number of hydrogen-bond donors (Lipinski definition) is 1. The van der Waals surface area contributed by atoms with Crippen LogP contribution < -0.4 is 4.74 Å². The van der Waals surface area contributed by atoms with E-state index in [4.69, 9.17) is 9.84 Å². The van der Waals surface area contributed by atoms with Gasteiger partial charge in [0, 0.05) is 23.8 Å². The van der Waals surface area contributed by atoms with Gasteiger partial charge in [0.05, 0.1) is 7.11 Å². The number of benzene rings is 1. The van der Waals surface area contributed by atoms with Crippen molar-refractivity contribution in [2.24, 2.45) is 0 Å². The lowest BCUT2D eigenvalue weighted by Crippen LogP contribution is -2.35. The minimum atomic E-state index is -0.750. The second-order valence-electron chi connectivity index (χ2n) is 7.00. The Morgan fingerprint density at radius 1 is 1.29 bits per heavy atom. The molecule has 0 bridgehead atoms. The van der Waals surface area contributed by atoms with Crippen LogP contribution in [0.25, 0.3) is 0 Å². The molecule has 4 nitrogen and oxygen atoms in total. The number of allylic oxidation sites excluding steroid dienone is 2. The third kappa shape index (κ3) is 2.85. The molecule has 0 saturated carbocycles. The van der Waals surface area contributed by atoms with Crippen molar-refractivity contribution in [3.8, 4) is 5.75 Å². The summed E-state index contributed by atoms with van der Waals surface area (Å²) in [4.78, 5) is 22.6. The highest BCUT2D eigenvalue weighted by Gasteiger charge is 2.41. The van der Waals surface area contributed by atoms with Crippen LogP contribution in [0.15, 0.2) is 23.8 Å². The van der Waals surface area contributed by atoms with Crippen LogP contribution in [0, 0.1) is 0 Å². The number of hydrogen-bond acceptors (Lipinski definition) is 3. The second-order valence-corrected chi connectivity index (χ2v) is 7.00. The summed E-state index contributed by atoms with van der Waals surface area (Å²) in [5, 5.41) is 8.87. The number of carbonyl (C=O) groups excluding carboxylic acids is 1. The first-order chi connectivity index (χ1) is 11.5. The van der Waals surface area contributed by atoms with Gasteiger partial charge in [0.1, 0.15) is 5.75 Å². The van der Waals surface area contributed by atoms with Crippen LogP contribution in [0.2, 0.25) is 0 Å².